The van der Waals surface area contributed by atoms with E-state index in [2.05, 4.69) is 16.0 Å². The molecule has 0 saturated heterocycles. The summed E-state index contributed by atoms with van der Waals surface area (Å²) < 4.78 is 2.02. The molecule has 2 heterocycles. The maximum Gasteiger partial charge on any atom is 0.159 e. The van der Waals surface area contributed by atoms with Crippen LogP contribution in [-0.4, -0.2) is 20.1 Å². The number of aromatic nitrogens is 3. The highest BCUT2D eigenvalue weighted by molar-refractivity contribution is 5.71. The monoisotopic (exact) mass is 230 g/mol. The van der Waals surface area contributed by atoms with E-state index in [1.807, 2.05) is 24.7 Å². The number of hydrogen-bond donors (Lipinski definition) is 1. The zero-order valence-corrected chi connectivity index (χ0v) is 10.4. The van der Waals surface area contributed by atoms with E-state index in [4.69, 9.17) is 5.73 Å². The van der Waals surface area contributed by atoms with E-state index in [1.165, 1.54) is 18.4 Å². The van der Waals surface area contributed by atoms with Gasteiger partial charge in [-0.25, -0.2) is 9.97 Å². The van der Waals surface area contributed by atoms with Crippen LogP contribution in [-0.2, 0) is 13.5 Å². The summed E-state index contributed by atoms with van der Waals surface area (Å²) in [6.07, 6.45) is 6.37. The Kier molecular flexibility index (Phi) is 2.23. The molecule has 2 aromatic rings. The van der Waals surface area contributed by atoms with Gasteiger partial charge in [-0.15, -0.1) is 0 Å². The van der Waals surface area contributed by atoms with Crippen LogP contribution in [0.2, 0.25) is 0 Å². The first-order valence-corrected chi connectivity index (χ1v) is 6.14. The van der Waals surface area contributed by atoms with Crippen molar-refractivity contribution in [1.82, 2.24) is 14.5 Å². The van der Waals surface area contributed by atoms with E-state index in [-0.39, 0.29) is 5.54 Å². The molecule has 2 N–H and O–H groups in total. The lowest BCUT2D eigenvalue weighted by Gasteiger charge is -2.07. The van der Waals surface area contributed by atoms with Gasteiger partial charge in [-0.2, -0.15) is 0 Å². The van der Waals surface area contributed by atoms with Gasteiger partial charge in [0, 0.05) is 18.8 Å². The van der Waals surface area contributed by atoms with Crippen LogP contribution in [0.25, 0.3) is 11.2 Å². The van der Waals surface area contributed by atoms with Crippen molar-refractivity contribution in [3.05, 3.63) is 23.7 Å². The minimum atomic E-state index is 0.120. The third-order valence-corrected chi connectivity index (χ3v) is 3.79. The van der Waals surface area contributed by atoms with Crippen LogP contribution in [0.3, 0.4) is 0 Å². The molecule has 1 fully saturated rings. The molecule has 17 heavy (non-hydrogen) atoms. The molecule has 4 heteroatoms. The Morgan fingerprint density at radius 2 is 2.24 bits per heavy atom. The van der Waals surface area contributed by atoms with Gasteiger partial charge in [0.25, 0.3) is 0 Å². The van der Waals surface area contributed by atoms with Crippen molar-refractivity contribution in [3.63, 3.8) is 0 Å². The summed E-state index contributed by atoms with van der Waals surface area (Å²) in [5, 5.41) is 0. The highest BCUT2D eigenvalue weighted by Gasteiger charge is 2.37. The lowest BCUT2D eigenvalue weighted by molar-refractivity contribution is 0.609. The van der Waals surface area contributed by atoms with Crippen molar-refractivity contribution >= 4 is 11.2 Å². The molecule has 0 unspecified atom stereocenters. The zero-order chi connectivity index (χ0) is 12.0. The van der Waals surface area contributed by atoms with Gasteiger partial charge in [0.15, 0.2) is 5.65 Å². The SMILES string of the molecule is Cc1nc2cc(CCC3(N)CC3)cnc2n1C. The van der Waals surface area contributed by atoms with Gasteiger partial charge in [0.1, 0.15) is 11.3 Å². The molecule has 0 amide bonds. The summed E-state index contributed by atoms with van der Waals surface area (Å²) in [6, 6.07) is 2.14. The molecule has 90 valence electrons. The Hall–Kier alpha value is -1.42. The Bertz CT molecular complexity index is 566. The maximum atomic E-state index is 6.10. The minimum Gasteiger partial charge on any atom is -0.325 e. The van der Waals surface area contributed by atoms with E-state index in [1.54, 1.807) is 0 Å². The Morgan fingerprint density at radius 3 is 2.94 bits per heavy atom. The molecular weight excluding hydrogens is 212 g/mol. The Balaban J connectivity index is 1.86. The maximum absolute atomic E-state index is 6.10. The Morgan fingerprint density at radius 1 is 1.47 bits per heavy atom. The molecular formula is C13H18N4. The molecule has 0 radical (unpaired) electrons. The molecule has 4 nitrogen and oxygen atoms in total. The van der Waals surface area contributed by atoms with Gasteiger partial charge in [-0.05, 0) is 44.2 Å². The number of hydrogen-bond acceptors (Lipinski definition) is 3. The van der Waals surface area contributed by atoms with Gasteiger partial charge in [0.2, 0.25) is 0 Å². The van der Waals surface area contributed by atoms with Crippen molar-refractivity contribution in [2.45, 2.75) is 38.1 Å². The third kappa shape index (κ3) is 1.93. The number of imidazole rings is 1. The second kappa shape index (κ2) is 3.53. The van der Waals surface area contributed by atoms with Crippen LogP contribution in [0, 0.1) is 6.92 Å². The van der Waals surface area contributed by atoms with Gasteiger partial charge in [0.05, 0.1) is 0 Å². The molecule has 1 aliphatic rings. The largest absolute Gasteiger partial charge is 0.325 e. The summed E-state index contributed by atoms with van der Waals surface area (Å²) in [7, 11) is 2.00. The summed E-state index contributed by atoms with van der Waals surface area (Å²) >= 11 is 0. The summed E-state index contributed by atoms with van der Waals surface area (Å²) in [5.41, 5.74) is 9.41. The van der Waals surface area contributed by atoms with Crippen LogP contribution in [0.5, 0.6) is 0 Å². The van der Waals surface area contributed by atoms with Gasteiger partial charge in [-0.1, -0.05) is 0 Å². The number of rotatable bonds is 3. The van der Waals surface area contributed by atoms with Crippen LogP contribution in [0.4, 0.5) is 0 Å². The van der Waals surface area contributed by atoms with E-state index < -0.39 is 0 Å². The quantitative estimate of drug-likeness (QED) is 0.873. The lowest BCUT2D eigenvalue weighted by atomic mass is 10.1. The average Bonchev–Trinajstić information content (AvgIpc) is 2.98. The fourth-order valence-electron chi connectivity index (χ4n) is 2.17. The molecule has 0 atom stereocenters. The second-order valence-electron chi connectivity index (χ2n) is 5.27. The highest BCUT2D eigenvalue weighted by Crippen LogP contribution is 2.36. The van der Waals surface area contributed by atoms with Gasteiger partial charge < -0.3 is 10.3 Å². The first-order valence-electron chi connectivity index (χ1n) is 6.14. The number of pyridine rings is 1. The first kappa shape index (κ1) is 10.7. The predicted octanol–water partition coefficient (Wildman–Crippen LogP) is 1.70. The number of aryl methyl sites for hydroxylation is 3. The van der Waals surface area contributed by atoms with Crippen molar-refractivity contribution in [2.24, 2.45) is 12.8 Å². The fourth-order valence-corrected chi connectivity index (χ4v) is 2.17. The van der Waals surface area contributed by atoms with Crippen LogP contribution < -0.4 is 5.73 Å². The third-order valence-electron chi connectivity index (χ3n) is 3.79. The smallest absolute Gasteiger partial charge is 0.159 e. The molecule has 2 aromatic heterocycles. The molecule has 0 bridgehead atoms. The molecule has 1 saturated carbocycles. The van der Waals surface area contributed by atoms with Gasteiger partial charge in [-0.3, -0.25) is 0 Å². The zero-order valence-electron chi connectivity index (χ0n) is 10.4. The van der Waals surface area contributed by atoms with Crippen molar-refractivity contribution in [1.29, 1.82) is 0 Å². The normalized spacial score (nSPS) is 17.6. The fraction of sp³-hybridized carbons (Fsp3) is 0.538. The lowest BCUT2D eigenvalue weighted by Crippen LogP contribution is -2.22. The second-order valence-corrected chi connectivity index (χ2v) is 5.27. The van der Waals surface area contributed by atoms with E-state index in [9.17, 15) is 0 Å². The predicted molar refractivity (Wildman–Crippen MR) is 67.7 cm³/mol. The molecule has 3 rings (SSSR count). The number of nitrogens with two attached hydrogens (primary N) is 1. The Labute approximate surface area is 101 Å². The summed E-state index contributed by atoms with van der Waals surface area (Å²) in [6.45, 7) is 2.00. The summed E-state index contributed by atoms with van der Waals surface area (Å²) in [4.78, 5) is 8.98. The van der Waals surface area contributed by atoms with E-state index in [0.717, 1.165) is 29.8 Å². The molecule has 0 aliphatic heterocycles. The molecule has 0 aromatic carbocycles. The van der Waals surface area contributed by atoms with Crippen molar-refractivity contribution < 1.29 is 0 Å². The van der Waals surface area contributed by atoms with E-state index >= 15 is 0 Å². The van der Waals surface area contributed by atoms with Crippen molar-refractivity contribution in [3.8, 4) is 0 Å². The van der Waals surface area contributed by atoms with Gasteiger partial charge >= 0.3 is 0 Å². The summed E-state index contributed by atoms with van der Waals surface area (Å²) in [5.74, 6) is 1.00. The average molecular weight is 230 g/mol. The number of fused-ring (bicyclic) bond motifs is 1. The van der Waals surface area contributed by atoms with Crippen LogP contribution in [0.1, 0.15) is 30.7 Å². The first-order chi connectivity index (χ1) is 8.07. The molecule has 0 spiro atoms. The van der Waals surface area contributed by atoms with Crippen molar-refractivity contribution in [2.75, 3.05) is 0 Å². The molecule has 1 aliphatic carbocycles. The topological polar surface area (TPSA) is 56.7 Å². The van der Waals surface area contributed by atoms with Crippen LogP contribution >= 0.6 is 0 Å². The van der Waals surface area contributed by atoms with E-state index in [0.29, 0.717) is 0 Å². The highest BCUT2D eigenvalue weighted by atomic mass is 15.1. The van der Waals surface area contributed by atoms with Crippen LogP contribution in [0.15, 0.2) is 12.3 Å². The number of nitrogens with zero attached hydrogens (tertiary/aromatic N) is 3. The minimum absolute atomic E-state index is 0.120. The standard InChI is InChI=1S/C13H18N4/c1-9-16-11-7-10(3-4-13(14)5-6-13)8-15-12(11)17(9)2/h7-8H,3-6,14H2,1-2H3.